The number of hydrogen-bond acceptors (Lipinski definition) is 6. The van der Waals surface area contributed by atoms with Crippen LogP contribution in [0.5, 0.6) is 0 Å². The molecule has 12 heteroatoms. The molecule has 176 valence electrons. The molecule has 31 heavy (non-hydrogen) atoms. The second-order valence-corrected chi connectivity index (χ2v) is 9.99. The number of rotatable bonds is 5. The summed E-state index contributed by atoms with van der Waals surface area (Å²) < 4.78 is 62.7. The minimum absolute atomic E-state index is 0.0600. The van der Waals surface area contributed by atoms with Gasteiger partial charge >= 0.3 is 12.1 Å². The number of ether oxygens (including phenoxy) is 1. The Labute approximate surface area is 180 Å². The number of aromatic nitrogens is 1. The van der Waals surface area contributed by atoms with Crippen LogP contribution in [0.1, 0.15) is 18.4 Å². The van der Waals surface area contributed by atoms with Gasteiger partial charge in [-0.1, -0.05) is 6.07 Å². The van der Waals surface area contributed by atoms with Crippen LogP contribution in [0.25, 0.3) is 0 Å². The van der Waals surface area contributed by atoms with Crippen molar-refractivity contribution in [1.29, 1.82) is 0 Å². The molecule has 3 rings (SSSR count). The van der Waals surface area contributed by atoms with Gasteiger partial charge in [0.25, 0.3) is 0 Å². The molecule has 2 fully saturated rings. The maximum atomic E-state index is 12.0. The Hall–Kier alpha value is -1.76. The van der Waals surface area contributed by atoms with E-state index in [0.29, 0.717) is 19.7 Å². The number of hydrogen-bond donors (Lipinski definition) is 1. The predicted molar refractivity (Wildman–Crippen MR) is 107 cm³/mol. The molecular weight excluding hydrogens is 439 g/mol. The molecule has 1 atom stereocenters. The summed E-state index contributed by atoms with van der Waals surface area (Å²) in [6.07, 6.45) is 1.98. The number of likely N-dealkylation sites (tertiary alicyclic amines) is 1. The maximum absolute atomic E-state index is 12.0. The van der Waals surface area contributed by atoms with Crippen molar-refractivity contribution in [2.75, 3.05) is 46.2 Å². The molecule has 0 saturated carbocycles. The maximum Gasteiger partial charge on any atom is 0.490 e. The van der Waals surface area contributed by atoms with Crippen LogP contribution in [0.15, 0.2) is 24.5 Å². The van der Waals surface area contributed by atoms with Crippen molar-refractivity contribution >= 4 is 16.0 Å². The summed E-state index contributed by atoms with van der Waals surface area (Å²) in [7, 11) is -1.43. The van der Waals surface area contributed by atoms with Crippen LogP contribution in [0.3, 0.4) is 0 Å². The molecule has 2 aliphatic heterocycles. The zero-order chi connectivity index (χ0) is 23.3. The molecule has 2 saturated heterocycles. The van der Waals surface area contributed by atoms with Gasteiger partial charge in [-0.3, -0.25) is 9.88 Å². The smallest absolute Gasteiger partial charge is 0.475 e. The first-order valence-electron chi connectivity index (χ1n) is 9.73. The third kappa shape index (κ3) is 7.13. The van der Waals surface area contributed by atoms with Crippen LogP contribution in [0.4, 0.5) is 13.2 Å². The first-order valence-corrected chi connectivity index (χ1v) is 11.6. The van der Waals surface area contributed by atoms with Crippen molar-refractivity contribution in [2.45, 2.75) is 25.6 Å². The molecule has 1 aromatic heterocycles. The highest BCUT2D eigenvalue weighted by Gasteiger charge is 2.50. The van der Waals surface area contributed by atoms with E-state index in [4.69, 9.17) is 14.6 Å². The topological polar surface area (TPSA) is 100 Å². The quantitative estimate of drug-likeness (QED) is 0.705. The first-order chi connectivity index (χ1) is 14.4. The third-order valence-electron chi connectivity index (χ3n) is 5.84. The van der Waals surface area contributed by atoms with Crippen molar-refractivity contribution in [3.63, 3.8) is 0 Å². The number of carbonyl (C=O) groups is 1. The first kappa shape index (κ1) is 25.5. The molecule has 1 spiro atoms. The van der Waals surface area contributed by atoms with Crippen molar-refractivity contribution in [1.82, 2.24) is 14.2 Å². The van der Waals surface area contributed by atoms with Gasteiger partial charge in [0.15, 0.2) is 0 Å². The van der Waals surface area contributed by atoms with E-state index in [1.807, 2.05) is 12.3 Å². The van der Waals surface area contributed by atoms with Crippen molar-refractivity contribution in [3.8, 4) is 0 Å². The molecule has 0 amide bonds. The van der Waals surface area contributed by atoms with Crippen molar-refractivity contribution in [2.24, 2.45) is 11.3 Å². The number of sulfonamides is 1. The normalized spacial score (nSPS) is 22.2. The highest BCUT2D eigenvalue weighted by atomic mass is 32.2. The van der Waals surface area contributed by atoms with E-state index in [0.717, 1.165) is 32.5 Å². The van der Waals surface area contributed by atoms with E-state index >= 15 is 0 Å². The van der Waals surface area contributed by atoms with E-state index in [1.165, 1.54) is 11.8 Å². The van der Waals surface area contributed by atoms with Gasteiger partial charge in [-0.05, 0) is 43.0 Å². The number of carboxylic acid groups (broad SMARTS) is 1. The van der Waals surface area contributed by atoms with Crippen molar-refractivity contribution < 1.29 is 36.2 Å². The molecule has 3 heterocycles. The molecule has 2 aliphatic rings. The third-order valence-corrected chi connectivity index (χ3v) is 7.06. The second kappa shape index (κ2) is 10.2. The van der Waals surface area contributed by atoms with Gasteiger partial charge in [0.2, 0.25) is 10.0 Å². The number of carboxylic acids is 1. The molecule has 1 N–H and O–H groups in total. The Morgan fingerprint density at radius 3 is 2.42 bits per heavy atom. The van der Waals surface area contributed by atoms with Crippen LogP contribution in [-0.2, 0) is 26.1 Å². The van der Waals surface area contributed by atoms with E-state index in [1.54, 1.807) is 17.6 Å². The SMILES string of the molecule is COCC1CN(S(C)(=O)=O)CC12CCN(Cc1cccnc1)CC2.O=C(O)C(F)(F)F. The molecule has 8 nitrogen and oxygen atoms in total. The Bertz CT molecular complexity index is 828. The fourth-order valence-corrected chi connectivity index (χ4v) is 5.08. The summed E-state index contributed by atoms with van der Waals surface area (Å²) in [5.74, 6) is -2.47. The number of pyridine rings is 1. The van der Waals surface area contributed by atoms with E-state index in [2.05, 4.69) is 16.0 Å². The lowest BCUT2D eigenvalue weighted by Crippen LogP contribution is -2.45. The lowest BCUT2D eigenvalue weighted by atomic mass is 9.71. The number of piperidine rings is 1. The summed E-state index contributed by atoms with van der Waals surface area (Å²) in [4.78, 5) is 15.5. The molecule has 1 aromatic rings. The van der Waals surface area contributed by atoms with Gasteiger partial charge < -0.3 is 9.84 Å². The van der Waals surface area contributed by atoms with Gasteiger partial charge in [-0.25, -0.2) is 17.5 Å². The number of aliphatic carboxylic acids is 1. The summed E-state index contributed by atoms with van der Waals surface area (Å²) in [6, 6.07) is 4.07. The van der Waals surface area contributed by atoms with Gasteiger partial charge in [-0.2, -0.15) is 13.2 Å². The average molecular weight is 468 g/mol. The molecule has 1 unspecified atom stereocenters. The largest absolute Gasteiger partial charge is 0.490 e. The lowest BCUT2D eigenvalue weighted by Gasteiger charge is -2.42. The Morgan fingerprint density at radius 2 is 1.97 bits per heavy atom. The van der Waals surface area contributed by atoms with Crippen LogP contribution in [0.2, 0.25) is 0 Å². The van der Waals surface area contributed by atoms with Gasteiger partial charge in [0, 0.05) is 45.1 Å². The van der Waals surface area contributed by atoms with Crippen LogP contribution >= 0.6 is 0 Å². The fourth-order valence-electron chi connectivity index (χ4n) is 4.14. The minimum atomic E-state index is -5.08. The van der Waals surface area contributed by atoms with Gasteiger partial charge in [0.05, 0.1) is 12.9 Å². The number of methoxy groups -OCH3 is 1. The Balaban J connectivity index is 0.000000423. The monoisotopic (exact) mass is 467 g/mol. The van der Waals surface area contributed by atoms with Crippen molar-refractivity contribution in [3.05, 3.63) is 30.1 Å². The van der Waals surface area contributed by atoms with E-state index in [9.17, 15) is 21.6 Å². The number of nitrogens with zero attached hydrogens (tertiary/aromatic N) is 3. The molecule has 0 radical (unpaired) electrons. The number of alkyl halides is 3. The summed E-state index contributed by atoms with van der Waals surface area (Å²) in [6.45, 7) is 4.76. The Kier molecular flexibility index (Phi) is 8.42. The molecule has 0 aromatic carbocycles. The summed E-state index contributed by atoms with van der Waals surface area (Å²) in [5, 5.41) is 7.12. The zero-order valence-electron chi connectivity index (χ0n) is 17.5. The average Bonchev–Trinajstić information content (AvgIpc) is 3.03. The highest BCUT2D eigenvalue weighted by Crippen LogP contribution is 2.45. The Morgan fingerprint density at radius 1 is 1.35 bits per heavy atom. The molecule has 0 aliphatic carbocycles. The van der Waals surface area contributed by atoms with Crippen LogP contribution in [-0.4, -0.2) is 86.0 Å². The van der Waals surface area contributed by atoms with Gasteiger partial charge in [-0.15, -0.1) is 0 Å². The summed E-state index contributed by atoms with van der Waals surface area (Å²) in [5.41, 5.74) is 1.29. The summed E-state index contributed by atoms with van der Waals surface area (Å²) >= 11 is 0. The highest BCUT2D eigenvalue weighted by molar-refractivity contribution is 7.88. The van der Waals surface area contributed by atoms with E-state index < -0.39 is 22.2 Å². The van der Waals surface area contributed by atoms with Gasteiger partial charge in [0.1, 0.15) is 0 Å². The zero-order valence-corrected chi connectivity index (χ0v) is 18.3. The van der Waals surface area contributed by atoms with Crippen LogP contribution < -0.4 is 0 Å². The molecular formula is C19H28F3N3O5S. The predicted octanol–water partition coefficient (Wildman–Crippen LogP) is 1.83. The standard InChI is InChI=1S/C17H27N3O3S.C2HF3O2/c1-23-13-16-12-20(24(2,21)22)14-17(16)5-8-19(9-6-17)11-15-4-3-7-18-10-15;3-2(4,5)1(6)7/h3-4,7,10,16H,5-6,8-9,11-14H2,1-2H3;(H,6,7). The molecule has 0 bridgehead atoms. The second-order valence-electron chi connectivity index (χ2n) is 8.01. The van der Waals surface area contributed by atoms with E-state index in [-0.39, 0.29) is 11.3 Å². The lowest BCUT2D eigenvalue weighted by molar-refractivity contribution is -0.192. The number of halogens is 3. The van der Waals surface area contributed by atoms with Crippen LogP contribution in [0, 0.1) is 11.3 Å². The minimum Gasteiger partial charge on any atom is -0.475 e. The fraction of sp³-hybridized carbons (Fsp3) is 0.684.